The number of carboxylic acid groups (broad SMARTS) is 1. The molecule has 0 unspecified atom stereocenters. The third-order valence-electron chi connectivity index (χ3n) is 3.67. The van der Waals surface area contributed by atoms with Gasteiger partial charge in [-0.2, -0.15) is 0 Å². The molecule has 2 heterocycles. The maximum Gasteiger partial charge on any atom is 0.412 e. The molecule has 5 nitrogen and oxygen atoms in total. The summed E-state index contributed by atoms with van der Waals surface area (Å²) < 4.78 is 19.9. The summed E-state index contributed by atoms with van der Waals surface area (Å²) in [4.78, 5) is 16.0. The fourth-order valence-corrected chi connectivity index (χ4v) is 3.35. The maximum atomic E-state index is 13.8. The molecule has 1 fully saturated rings. The van der Waals surface area contributed by atoms with Crippen molar-refractivity contribution in [3.63, 3.8) is 0 Å². The van der Waals surface area contributed by atoms with Crippen LogP contribution >= 0.6 is 22.6 Å². The Hall–Kier alpha value is -1.35. The van der Waals surface area contributed by atoms with Crippen molar-refractivity contribution in [2.45, 2.75) is 18.9 Å². The Bertz CT molecular complexity index is 682. The van der Waals surface area contributed by atoms with Crippen LogP contribution in [0.4, 0.5) is 14.9 Å². The number of H-pyrrole nitrogens is 1. The third kappa shape index (κ3) is 2.84. The minimum atomic E-state index is -1.06. The Balaban J connectivity index is 2.12. The lowest BCUT2D eigenvalue weighted by atomic mass is 10.1. The van der Waals surface area contributed by atoms with Gasteiger partial charge in [0.2, 0.25) is 0 Å². The van der Waals surface area contributed by atoms with Crippen molar-refractivity contribution in [2.24, 2.45) is 0 Å². The van der Waals surface area contributed by atoms with Crippen LogP contribution in [-0.4, -0.2) is 35.4 Å². The Labute approximate surface area is 134 Å². The van der Waals surface area contributed by atoms with Crippen molar-refractivity contribution in [1.82, 2.24) is 4.98 Å². The van der Waals surface area contributed by atoms with E-state index in [-0.39, 0.29) is 6.04 Å². The first-order valence-corrected chi connectivity index (χ1v) is 7.72. The molecule has 0 bridgehead atoms. The normalized spacial score (nSPS) is 16.3. The van der Waals surface area contributed by atoms with Crippen LogP contribution in [0.2, 0.25) is 0 Å². The van der Waals surface area contributed by atoms with E-state index in [4.69, 9.17) is 4.74 Å². The van der Waals surface area contributed by atoms with Gasteiger partial charge in [-0.15, -0.1) is 0 Å². The molecule has 0 saturated carbocycles. The fraction of sp³-hybridized carbons (Fsp3) is 0.357. The van der Waals surface area contributed by atoms with Gasteiger partial charge in [-0.3, -0.25) is 4.90 Å². The number of aromatic nitrogens is 1. The molecule has 1 amide bonds. The average molecular weight is 404 g/mol. The monoisotopic (exact) mass is 404 g/mol. The molecule has 2 aromatic rings. The molecule has 0 radical (unpaired) electrons. The second-order valence-corrected chi connectivity index (χ2v) is 6.16. The van der Waals surface area contributed by atoms with E-state index in [2.05, 4.69) is 27.6 Å². The fourth-order valence-electron chi connectivity index (χ4n) is 2.75. The molecule has 0 spiro atoms. The molecule has 7 heteroatoms. The molecule has 0 atom stereocenters. The first kappa shape index (κ1) is 14.6. The van der Waals surface area contributed by atoms with Gasteiger partial charge in [0, 0.05) is 24.6 Å². The van der Waals surface area contributed by atoms with Crippen molar-refractivity contribution in [2.75, 3.05) is 18.1 Å². The Kier molecular flexibility index (Phi) is 4.03. The second kappa shape index (κ2) is 5.80. The van der Waals surface area contributed by atoms with Crippen LogP contribution in [-0.2, 0) is 4.74 Å². The molecule has 2 N–H and O–H groups in total. The minimum absolute atomic E-state index is 0.186. The lowest BCUT2D eigenvalue weighted by molar-refractivity contribution is 0.0838. The van der Waals surface area contributed by atoms with Gasteiger partial charge in [0.15, 0.2) is 0 Å². The number of amides is 1. The summed E-state index contributed by atoms with van der Waals surface area (Å²) in [5.74, 6) is -0.450. The second-order valence-electron chi connectivity index (χ2n) is 5.00. The topological polar surface area (TPSA) is 65.6 Å². The van der Waals surface area contributed by atoms with Crippen molar-refractivity contribution >= 4 is 45.3 Å². The third-order valence-corrected chi connectivity index (χ3v) is 4.25. The zero-order chi connectivity index (χ0) is 15.0. The van der Waals surface area contributed by atoms with Gasteiger partial charge in [0.05, 0.1) is 14.9 Å². The predicted octanol–water partition coefficient (Wildman–Crippen LogP) is 3.58. The van der Waals surface area contributed by atoms with Gasteiger partial charge in [0.25, 0.3) is 0 Å². The van der Waals surface area contributed by atoms with Crippen LogP contribution in [0.5, 0.6) is 0 Å². The molecule has 1 saturated heterocycles. The Morgan fingerprint density at radius 3 is 2.76 bits per heavy atom. The highest BCUT2D eigenvalue weighted by Gasteiger charge is 2.29. The predicted molar refractivity (Wildman–Crippen MR) is 85.3 cm³/mol. The number of hydrogen-bond donors (Lipinski definition) is 2. The number of carbonyl (C=O) groups is 1. The van der Waals surface area contributed by atoms with Crippen LogP contribution in [0.15, 0.2) is 18.2 Å². The number of halogens is 2. The lowest BCUT2D eigenvalue weighted by Crippen LogP contribution is -2.43. The molecular formula is C14H14FIN2O3. The van der Waals surface area contributed by atoms with E-state index in [1.165, 1.54) is 17.0 Å². The SMILES string of the molecule is O=C(O)N(c1cc(F)cc2[nH]c(I)cc12)C1CCOCC1. The lowest BCUT2D eigenvalue weighted by Gasteiger charge is -2.32. The molecule has 112 valence electrons. The number of rotatable bonds is 2. The average Bonchev–Trinajstić information content (AvgIpc) is 2.80. The number of fused-ring (bicyclic) bond motifs is 1. The molecule has 1 aliphatic rings. The largest absolute Gasteiger partial charge is 0.465 e. The zero-order valence-corrected chi connectivity index (χ0v) is 13.3. The number of nitrogens with one attached hydrogen (secondary N) is 1. The van der Waals surface area contributed by atoms with E-state index >= 15 is 0 Å². The van der Waals surface area contributed by atoms with E-state index in [1.54, 1.807) is 0 Å². The Morgan fingerprint density at radius 1 is 1.38 bits per heavy atom. The number of aromatic amines is 1. The standard InChI is InChI=1S/C14H14FIN2O3/c15-8-5-11-10(7-13(16)17-11)12(6-8)18(14(19)20)9-1-3-21-4-2-9/h5-7,9,17H,1-4H2,(H,19,20). The van der Waals surface area contributed by atoms with Gasteiger partial charge in [0.1, 0.15) is 5.82 Å². The number of anilines is 1. The van der Waals surface area contributed by atoms with Crippen LogP contribution in [0.1, 0.15) is 12.8 Å². The summed E-state index contributed by atoms with van der Waals surface area (Å²) in [5.41, 5.74) is 0.997. The molecule has 0 aliphatic carbocycles. The summed E-state index contributed by atoms with van der Waals surface area (Å²) >= 11 is 2.09. The summed E-state index contributed by atoms with van der Waals surface area (Å²) in [7, 11) is 0. The molecular weight excluding hydrogens is 390 g/mol. The summed E-state index contributed by atoms with van der Waals surface area (Å²) in [6, 6.07) is 4.31. The highest BCUT2D eigenvalue weighted by molar-refractivity contribution is 14.1. The van der Waals surface area contributed by atoms with Gasteiger partial charge in [-0.25, -0.2) is 9.18 Å². The van der Waals surface area contributed by atoms with E-state index in [9.17, 15) is 14.3 Å². The van der Waals surface area contributed by atoms with Crippen LogP contribution < -0.4 is 4.90 Å². The van der Waals surface area contributed by atoms with Crippen molar-refractivity contribution in [3.05, 3.63) is 27.7 Å². The summed E-state index contributed by atoms with van der Waals surface area (Å²) in [6.07, 6.45) is 0.169. The minimum Gasteiger partial charge on any atom is -0.465 e. The number of benzene rings is 1. The van der Waals surface area contributed by atoms with Crippen LogP contribution in [0.25, 0.3) is 10.9 Å². The van der Waals surface area contributed by atoms with Gasteiger partial charge in [-0.1, -0.05) is 0 Å². The number of nitrogens with zero attached hydrogens (tertiary/aromatic N) is 1. The first-order chi connectivity index (χ1) is 10.1. The number of hydrogen-bond acceptors (Lipinski definition) is 2. The van der Waals surface area contributed by atoms with Crippen molar-refractivity contribution < 1.29 is 19.0 Å². The summed E-state index contributed by atoms with van der Waals surface area (Å²) in [5, 5.41) is 10.3. The van der Waals surface area contributed by atoms with Crippen LogP contribution in [0.3, 0.4) is 0 Å². The Morgan fingerprint density at radius 2 is 2.10 bits per heavy atom. The van der Waals surface area contributed by atoms with E-state index in [1.807, 2.05) is 6.07 Å². The highest BCUT2D eigenvalue weighted by Crippen LogP contribution is 2.32. The smallest absolute Gasteiger partial charge is 0.412 e. The van der Waals surface area contributed by atoms with Gasteiger partial charge < -0.3 is 14.8 Å². The van der Waals surface area contributed by atoms with Crippen molar-refractivity contribution in [1.29, 1.82) is 0 Å². The maximum absolute atomic E-state index is 13.8. The molecule has 21 heavy (non-hydrogen) atoms. The molecule has 3 rings (SSSR count). The summed E-state index contributed by atoms with van der Waals surface area (Å²) in [6.45, 7) is 1.05. The van der Waals surface area contributed by atoms with Gasteiger partial charge in [-0.05, 0) is 53.6 Å². The molecule has 1 aromatic heterocycles. The van der Waals surface area contributed by atoms with E-state index in [0.717, 1.165) is 9.09 Å². The van der Waals surface area contributed by atoms with E-state index < -0.39 is 11.9 Å². The first-order valence-electron chi connectivity index (χ1n) is 6.64. The van der Waals surface area contributed by atoms with Gasteiger partial charge >= 0.3 is 6.09 Å². The highest BCUT2D eigenvalue weighted by atomic mass is 127. The van der Waals surface area contributed by atoms with Crippen molar-refractivity contribution in [3.8, 4) is 0 Å². The number of ether oxygens (including phenoxy) is 1. The zero-order valence-electron chi connectivity index (χ0n) is 11.1. The molecule has 1 aromatic carbocycles. The molecule has 1 aliphatic heterocycles. The van der Waals surface area contributed by atoms with E-state index in [0.29, 0.717) is 37.3 Å². The van der Waals surface area contributed by atoms with Crippen LogP contribution in [0, 0.1) is 9.52 Å². The quantitative estimate of drug-likeness (QED) is 0.753.